The third kappa shape index (κ3) is 1.77. The number of anilines is 1. The van der Waals surface area contributed by atoms with Gasteiger partial charge in [-0.2, -0.15) is 0 Å². The quantitative estimate of drug-likeness (QED) is 0.669. The average Bonchev–Trinajstić information content (AvgIpc) is 1.89. The Morgan fingerprint density at radius 2 is 2.30 bits per heavy atom. The second kappa shape index (κ2) is 3.95. The molecule has 0 atom stereocenters. The third-order valence-electron chi connectivity index (χ3n) is 1.02. The molecule has 0 aliphatic heterocycles. The maximum absolute atomic E-state index is 5.39. The number of rotatable bonds is 1. The van der Waals surface area contributed by atoms with Crippen LogP contribution in [0.1, 0.15) is 0 Å². The predicted octanol–water partition coefficient (Wildman–Crippen LogP) is 1.09. The summed E-state index contributed by atoms with van der Waals surface area (Å²) in [4.78, 5) is 3.80. The Hall–Kier alpha value is -0.960. The number of hydrogen-bond donors (Lipinski definition) is 1. The lowest BCUT2D eigenvalue weighted by molar-refractivity contribution is 0.415. The topological polar surface area (TPSA) is 48.1 Å². The highest BCUT2D eigenvalue weighted by atomic mass is 35.5. The summed E-state index contributed by atoms with van der Waals surface area (Å²) in [6.07, 6.45) is 1.62. The standard InChI is InChI=1S/C6H8N2O.ClH/c1-9-5-3-2-4-8-6(5)7;/h2-4H,1H3,(H2,7,8);1H. The molecule has 0 bridgehead atoms. The third-order valence-corrected chi connectivity index (χ3v) is 1.02. The molecular weight excluding hydrogens is 152 g/mol. The van der Waals surface area contributed by atoms with E-state index in [-0.39, 0.29) is 12.4 Å². The van der Waals surface area contributed by atoms with Crippen LogP contribution in [0.25, 0.3) is 0 Å². The van der Waals surface area contributed by atoms with Crippen molar-refractivity contribution in [3.8, 4) is 5.75 Å². The maximum Gasteiger partial charge on any atom is 0.166 e. The predicted molar refractivity (Wildman–Crippen MR) is 42.4 cm³/mol. The Bertz CT molecular complexity index is 205. The molecule has 2 N–H and O–H groups in total. The molecule has 0 saturated carbocycles. The molecule has 0 aliphatic carbocycles. The van der Waals surface area contributed by atoms with Crippen LogP contribution in [0.15, 0.2) is 18.3 Å². The highest BCUT2D eigenvalue weighted by Crippen LogP contribution is 2.14. The van der Waals surface area contributed by atoms with Gasteiger partial charge in [-0.1, -0.05) is 0 Å². The SMILES string of the molecule is COc1cccnc1N.Cl. The van der Waals surface area contributed by atoms with Crippen LogP contribution < -0.4 is 10.5 Å². The van der Waals surface area contributed by atoms with Crippen molar-refractivity contribution in [2.45, 2.75) is 0 Å². The van der Waals surface area contributed by atoms with Crippen molar-refractivity contribution in [2.75, 3.05) is 12.8 Å². The zero-order valence-electron chi connectivity index (χ0n) is 5.57. The van der Waals surface area contributed by atoms with Gasteiger partial charge in [0.1, 0.15) is 0 Å². The van der Waals surface area contributed by atoms with Crippen molar-refractivity contribution in [1.82, 2.24) is 4.98 Å². The van der Waals surface area contributed by atoms with Gasteiger partial charge in [-0.25, -0.2) is 4.98 Å². The molecule has 56 valence electrons. The normalized spacial score (nSPS) is 8.10. The minimum atomic E-state index is 0. The molecular formula is C6H9ClN2O. The van der Waals surface area contributed by atoms with Gasteiger partial charge < -0.3 is 10.5 Å². The molecule has 1 aromatic rings. The first kappa shape index (κ1) is 9.04. The average molecular weight is 161 g/mol. The molecule has 0 aromatic carbocycles. The highest BCUT2D eigenvalue weighted by molar-refractivity contribution is 5.85. The molecule has 0 radical (unpaired) electrons. The van der Waals surface area contributed by atoms with Gasteiger partial charge in [-0.15, -0.1) is 12.4 Å². The number of aromatic nitrogens is 1. The highest BCUT2D eigenvalue weighted by Gasteiger charge is 1.93. The summed E-state index contributed by atoms with van der Waals surface area (Å²) in [5, 5.41) is 0. The monoisotopic (exact) mass is 160 g/mol. The molecule has 0 aliphatic rings. The van der Waals surface area contributed by atoms with Gasteiger partial charge in [-0.3, -0.25) is 0 Å². The number of nitrogen functional groups attached to an aromatic ring is 1. The van der Waals surface area contributed by atoms with Crippen LogP contribution in [0.2, 0.25) is 0 Å². The molecule has 10 heavy (non-hydrogen) atoms. The van der Waals surface area contributed by atoms with Gasteiger partial charge in [0.25, 0.3) is 0 Å². The van der Waals surface area contributed by atoms with Crippen LogP contribution in [-0.2, 0) is 0 Å². The summed E-state index contributed by atoms with van der Waals surface area (Å²) in [7, 11) is 1.56. The molecule has 0 unspecified atom stereocenters. The lowest BCUT2D eigenvalue weighted by atomic mass is 10.4. The van der Waals surface area contributed by atoms with E-state index in [1.165, 1.54) is 0 Å². The van der Waals surface area contributed by atoms with Crippen LogP contribution in [0, 0.1) is 0 Å². The number of halogens is 1. The molecule has 0 spiro atoms. The van der Waals surface area contributed by atoms with Crippen LogP contribution in [0.5, 0.6) is 5.75 Å². The minimum Gasteiger partial charge on any atom is -0.493 e. The second-order valence-electron chi connectivity index (χ2n) is 1.59. The van der Waals surface area contributed by atoms with E-state index in [1.807, 2.05) is 0 Å². The van der Waals surface area contributed by atoms with Crippen LogP contribution >= 0.6 is 12.4 Å². The van der Waals surface area contributed by atoms with Crippen molar-refractivity contribution in [3.63, 3.8) is 0 Å². The van der Waals surface area contributed by atoms with Gasteiger partial charge in [0.05, 0.1) is 7.11 Å². The first-order valence-electron chi connectivity index (χ1n) is 2.59. The van der Waals surface area contributed by atoms with E-state index >= 15 is 0 Å². The molecule has 4 heteroatoms. The van der Waals surface area contributed by atoms with E-state index in [4.69, 9.17) is 10.5 Å². The molecule has 1 rings (SSSR count). The Labute approximate surface area is 65.6 Å². The smallest absolute Gasteiger partial charge is 0.166 e. The van der Waals surface area contributed by atoms with Gasteiger partial charge in [-0.05, 0) is 12.1 Å². The first-order chi connectivity index (χ1) is 4.34. The van der Waals surface area contributed by atoms with Crippen molar-refractivity contribution in [1.29, 1.82) is 0 Å². The van der Waals surface area contributed by atoms with Crippen LogP contribution in [0.4, 0.5) is 5.82 Å². The van der Waals surface area contributed by atoms with E-state index in [0.717, 1.165) is 0 Å². The summed E-state index contributed by atoms with van der Waals surface area (Å²) in [6.45, 7) is 0. The maximum atomic E-state index is 5.39. The van der Waals surface area contributed by atoms with Crippen LogP contribution in [-0.4, -0.2) is 12.1 Å². The number of pyridine rings is 1. The number of hydrogen-bond acceptors (Lipinski definition) is 3. The fraction of sp³-hybridized carbons (Fsp3) is 0.167. The van der Waals surface area contributed by atoms with E-state index < -0.39 is 0 Å². The van der Waals surface area contributed by atoms with Gasteiger partial charge in [0.2, 0.25) is 0 Å². The van der Waals surface area contributed by atoms with Gasteiger partial charge in [0, 0.05) is 6.20 Å². The fourth-order valence-corrected chi connectivity index (χ4v) is 0.575. The summed E-state index contributed by atoms with van der Waals surface area (Å²) < 4.78 is 4.86. The molecule has 0 fully saturated rings. The zero-order chi connectivity index (χ0) is 6.69. The molecule has 3 nitrogen and oxygen atoms in total. The summed E-state index contributed by atoms with van der Waals surface area (Å²) in [5.41, 5.74) is 5.39. The fourth-order valence-electron chi connectivity index (χ4n) is 0.575. The number of nitrogens with zero attached hydrogens (tertiary/aromatic N) is 1. The second-order valence-corrected chi connectivity index (χ2v) is 1.59. The Kier molecular flexibility index (Phi) is 3.57. The summed E-state index contributed by atoms with van der Waals surface area (Å²) in [6, 6.07) is 3.54. The Balaban J connectivity index is 0.000000810. The van der Waals surface area contributed by atoms with Crippen molar-refractivity contribution in [2.24, 2.45) is 0 Å². The molecule has 0 amide bonds. The van der Waals surface area contributed by atoms with Gasteiger partial charge in [0.15, 0.2) is 11.6 Å². The van der Waals surface area contributed by atoms with E-state index in [9.17, 15) is 0 Å². The number of ether oxygens (including phenoxy) is 1. The Morgan fingerprint density at radius 3 is 2.70 bits per heavy atom. The van der Waals surface area contributed by atoms with Crippen molar-refractivity contribution in [3.05, 3.63) is 18.3 Å². The summed E-state index contributed by atoms with van der Waals surface area (Å²) in [5.74, 6) is 1.05. The van der Waals surface area contributed by atoms with Crippen LogP contribution in [0.3, 0.4) is 0 Å². The van der Waals surface area contributed by atoms with E-state index in [0.29, 0.717) is 11.6 Å². The largest absolute Gasteiger partial charge is 0.493 e. The lowest BCUT2D eigenvalue weighted by Gasteiger charge is -1.99. The summed E-state index contributed by atoms with van der Waals surface area (Å²) >= 11 is 0. The van der Waals surface area contributed by atoms with E-state index in [1.54, 1.807) is 25.4 Å². The van der Waals surface area contributed by atoms with Gasteiger partial charge >= 0.3 is 0 Å². The first-order valence-corrected chi connectivity index (χ1v) is 2.59. The minimum absolute atomic E-state index is 0. The number of methoxy groups -OCH3 is 1. The molecule has 1 aromatic heterocycles. The molecule has 0 saturated heterocycles. The molecule has 1 heterocycles. The number of nitrogens with two attached hydrogens (primary N) is 1. The van der Waals surface area contributed by atoms with E-state index in [2.05, 4.69) is 4.98 Å². The zero-order valence-corrected chi connectivity index (χ0v) is 6.39. The lowest BCUT2D eigenvalue weighted by Crippen LogP contribution is -1.93. The van der Waals surface area contributed by atoms with Crippen molar-refractivity contribution < 1.29 is 4.74 Å². The Morgan fingerprint density at radius 1 is 1.60 bits per heavy atom. The van der Waals surface area contributed by atoms with Crippen molar-refractivity contribution >= 4 is 18.2 Å².